The van der Waals surface area contributed by atoms with E-state index in [-0.39, 0.29) is 16.8 Å². The van der Waals surface area contributed by atoms with E-state index in [1.54, 1.807) is 37.3 Å². The lowest BCUT2D eigenvalue weighted by Crippen LogP contribution is -2.30. The van der Waals surface area contributed by atoms with Gasteiger partial charge in [0.05, 0.1) is 10.5 Å². The Labute approximate surface area is 140 Å². The minimum atomic E-state index is -3.52. The first-order chi connectivity index (χ1) is 10.7. The van der Waals surface area contributed by atoms with E-state index in [4.69, 9.17) is 0 Å². The van der Waals surface area contributed by atoms with E-state index in [1.165, 1.54) is 12.1 Å². The van der Waals surface area contributed by atoms with Crippen LogP contribution < -0.4 is 10.0 Å². The zero-order chi connectivity index (χ0) is 17.2. The van der Waals surface area contributed by atoms with Crippen molar-refractivity contribution in [3.05, 3.63) is 45.6 Å². The van der Waals surface area contributed by atoms with Crippen molar-refractivity contribution in [2.75, 3.05) is 5.32 Å². The summed E-state index contributed by atoms with van der Waals surface area (Å²) in [6.45, 7) is 7.38. The molecule has 0 radical (unpaired) electrons. The molecule has 0 aliphatic carbocycles. The van der Waals surface area contributed by atoms with Crippen molar-refractivity contribution < 1.29 is 13.2 Å². The summed E-state index contributed by atoms with van der Waals surface area (Å²) in [5.41, 5.74) is 1.20. The van der Waals surface area contributed by atoms with E-state index < -0.39 is 10.0 Å². The number of benzene rings is 1. The van der Waals surface area contributed by atoms with Crippen molar-refractivity contribution in [1.82, 2.24) is 4.72 Å². The summed E-state index contributed by atoms with van der Waals surface area (Å²) in [6.07, 6.45) is 0. The van der Waals surface area contributed by atoms with Gasteiger partial charge in [-0.25, -0.2) is 13.1 Å². The molecule has 0 aliphatic heterocycles. The minimum Gasteiger partial charge on any atom is -0.322 e. The molecule has 0 aliphatic rings. The average Bonchev–Trinajstić information content (AvgIpc) is 2.77. The number of amides is 1. The number of rotatable bonds is 5. The number of nitrogens with one attached hydrogen (secondary N) is 2. The number of thiophene rings is 1. The van der Waals surface area contributed by atoms with Crippen LogP contribution in [0, 0.1) is 13.8 Å². The largest absolute Gasteiger partial charge is 0.322 e. The third-order valence-electron chi connectivity index (χ3n) is 3.10. The second-order valence-corrected chi connectivity index (χ2v) is 8.76. The standard InChI is InChI=1S/C16H20N2O3S2/c1-10(2)18-23(20,21)14-7-5-13(6-8-14)17-16(19)15-9-11(3)22-12(15)4/h5-10,18H,1-4H3,(H,17,19). The summed E-state index contributed by atoms with van der Waals surface area (Å²) in [4.78, 5) is 14.4. The summed E-state index contributed by atoms with van der Waals surface area (Å²) in [6, 6.07) is 7.80. The molecule has 23 heavy (non-hydrogen) atoms. The number of hydrogen-bond acceptors (Lipinski definition) is 4. The second kappa shape index (κ2) is 6.82. The number of carbonyl (C=O) groups excluding carboxylic acids is 1. The van der Waals surface area contributed by atoms with Gasteiger partial charge in [0.1, 0.15) is 0 Å². The highest BCUT2D eigenvalue weighted by Crippen LogP contribution is 2.22. The number of hydrogen-bond donors (Lipinski definition) is 2. The van der Waals surface area contributed by atoms with E-state index in [9.17, 15) is 13.2 Å². The highest BCUT2D eigenvalue weighted by atomic mass is 32.2. The van der Waals surface area contributed by atoms with Gasteiger partial charge in [0, 0.05) is 21.5 Å². The van der Waals surface area contributed by atoms with Crippen LogP contribution in [-0.2, 0) is 10.0 Å². The van der Waals surface area contributed by atoms with Gasteiger partial charge in [-0.1, -0.05) is 0 Å². The van der Waals surface area contributed by atoms with E-state index in [2.05, 4.69) is 10.0 Å². The maximum Gasteiger partial charge on any atom is 0.256 e. The van der Waals surface area contributed by atoms with Crippen molar-refractivity contribution in [3.8, 4) is 0 Å². The van der Waals surface area contributed by atoms with Crippen LogP contribution in [0.4, 0.5) is 5.69 Å². The molecule has 1 aromatic carbocycles. The van der Waals surface area contributed by atoms with E-state index in [0.29, 0.717) is 11.3 Å². The lowest BCUT2D eigenvalue weighted by Gasteiger charge is -2.10. The second-order valence-electron chi connectivity index (χ2n) is 5.58. The van der Waals surface area contributed by atoms with Crippen LogP contribution >= 0.6 is 11.3 Å². The smallest absolute Gasteiger partial charge is 0.256 e. The molecule has 124 valence electrons. The third-order valence-corrected chi connectivity index (χ3v) is 5.74. The van der Waals surface area contributed by atoms with Crippen LogP contribution in [0.2, 0.25) is 0 Å². The lowest BCUT2D eigenvalue weighted by atomic mass is 10.2. The fourth-order valence-corrected chi connectivity index (χ4v) is 4.32. The molecular weight excluding hydrogens is 332 g/mol. The molecule has 0 fully saturated rings. The van der Waals surface area contributed by atoms with Gasteiger partial charge in [0.2, 0.25) is 10.0 Å². The Morgan fingerprint density at radius 2 is 1.74 bits per heavy atom. The SMILES string of the molecule is Cc1cc(C(=O)Nc2ccc(S(=O)(=O)NC(C)C)cc2)c(C)s1. The van der Waals surface area contributed by atoms with Crippen LogP contribution in [0.1, 0.15) is 34.0 Å². The lowest BCUT2D eigenvalue weighted by molar-refractivity contribution is 0.102. The fraction of sp³-hybridized carbons (Fsp3) is 0.312. The van der Waals surface area contributed by atoms with Crippen LogP contribution in [0.3, 0.4) is 0 Å². The molecule has 2 aromatic rings. The molecule has 2 rings (SSSR count). The quantitative estimate of drug-likeness (QED) is 0.867. The summed E-state index contributed by atoms with van der Waals surface area (Å²) in [7, 11) is -3.52. The first-order valence-electron chi connectivity index (χ1n) is 7.20. The minimum absolute atomic E-state index is 0.173. The third kappa shape index (κ3) is 4.40. The molecule has 1 amide bonds. The van der Waals surface area contributed by atoms with Crippen molar-refractivity contribution in [2.24, 2.45) is 0 Å². The zero-order valence-corrected chi connectivity index (χ0v) is 15.1. The molecule has 0 saturated heterocycles. The summed E-state index contributed by atoms with van der Waals surface area (Å²) >= 11 is 1.57. The van der Waals surface area contributed by atoms with Gasteiger partial charge in [-0.15, -0.1) is 11.3 Å². The molecule has 2 N–H and O–H groups in total. The molecule has 1 aromatic heterocycles. The topological polar surface area (TPSA) is 75.3 Å². The van der Waals surface area contributed by atoms with Crippen LogP contribution in [-0.4, -0.2) is 20.4 Å². The van der Waals surface area contributed by atoms with E-state index >= 15 is 0 Å². The number of sulfonamides is 1. The number of anilines is 1. The molecule has 0 atom stereocenters. The Morgan fingerprint density at radius 1 is 1.13 bits per heavy atom. The maximum absolute atomic E-state index is 12.2. The maximum atomic E-state index is 12.2. The van der Waals surface area contributed by atoms with Crippen LogP contribution in [0.5, 0.6) is 0 Å². The van der Waals surface area contributed by atoms with Gasteiger partial charge in [-0.05, 0) is 58.0 Å². The molecule has 5 nitrogen and oxygen atoms in total. The normalized spacial score (nSPS) is 11.7. The number of aryl methyl sites for hydroxylation is 2. The Bertz CT molecular complexity index is 806. The molecular formula is C16H20N2O3S2. The average molecular weight is 352 g/mol. The Balaban J connectivity index is 2.14. The Hall–Kier alpha value is -1.70. The Morgan fingerprint density at radius 3 is 2.22 bits per heavy atom. The summed E-state index contributed by atoms with van der Waals surface area (Å²) < 4.78 is 26.6. The van der Waals surface area contributed by atoms with E-state index in [0.717, 1.165) is 9.75 Å². The zero-order valence-electron chi connectivity index (χ0n) is 13.5. The van der Waals surface area contributed by atoms with Gasteiger partial charge in [0.25, 0.3) is 5.91 Å². The van der Waals surface area contributed by atoms with Crippen molar-refractivity contribution in [2.45, 2.75) is 38.6 Å². The van der Waals surface area contributed by atoms with Crippen LogP contribution in [0.25, 0.3) is 0 Å². The monoisotopic (exact) mass is 352 g/mol. The molecule has 1 heterocycles. The first-order valence-corrected chi connectivity index (χ1v) is 9.50. The Kier molecular flexibility index (Phi) is 5.23. The molecule has 0 saturated carbocycles. The molecule has 0 spiro atoms. The van der Waals surface area contributed by atoms with E-state index in [1.807, 2.05) is 19.9 Å². The van der Waals surface area contributed by atoms with Gasteiger partial charge in [-0.3, -0.25) is 4.79 Å². The van der Waals surface area contributed by atoms with Crippen molar-refractivity contribution in [3.63, 3.8) is 0 Å². The van der Waals surface area contributed by atoms with Crippen LogP contribution in [0.15, 0.2) is 35.2 Å². The highest BCUT2D eigenvalue weighted by molar-refractivity contribution is 7.89. The molecule has 0 bridgehead atoms. The highest BCUT2D eigenvalue weighted by Gasteiger charge is 2.16. The van der Waals surface area contributed by atoms with Gasteiger partial charge in [-0.2, -0.15) is 0 Å². The van der Waals surface area contributed by atoms with Crippen molar-refractivity contribution >= 4 is 33.0 Å². The van der Waals surface area contributed by atoms with Crippen molar-refractivity contribution in [1.29, 1.82) is 0 Å². The molecule has 0 unspecified atom stereocenters. The summed E-state index contributed by atoms with van der Waals surface area (Å²) in [5.74, 6) is -0.192. The first kappa shape index (κ1) is 17.7. The van der Waals surface area contributed by atoms with Gasteiger partial charge < -0.3 is 5.32 Å². The van der Waals surface area contributed by atoms with Gasteiger partial charge in [0.15, 0.2) is 0 Å². The molecule has 7 heteroatoms. The predicted octanol–water partition coefficient (Wildman–Crippen LogP) is 3.30. The number of carbonyl (C=O) groups is 1. The summed E-state index contributed by atoms with van der Waals surface area (Å²) in [5, 5.41) is 2.78. The van der Waals surface area contributed by atoms with Gasteiger partial charge >= 0.3 is 0 Å². The fourth-order valence-electron chi connectivity index (χ4n) is 2.15. The predicted molar refractivity (Wildman–Crippen MR) is 93.6 cm³/mol.